The average molecular weight is 429 g/mol. The third-order valence-electron chi connectivity index (χ3n) is 4.13. The summed E-state index contributed by atoms with van der Waals surface area (Å²) in [5, 5.41) is 3.41. The van der Waals surface area contributed by atoms with E-state index < -0.39 is 22.0 Å². The number of nitrogens with one attached hydrogen (secondary N) is 1. The molecule has 0 bridgehead atoms. The molecule has 0 radical (unpaired) electrons. The van der Waals surface area contributed by atoms with Crippen molar-refractivity contribution in [2.24, 2.45) is 0 Å². The fourth-order valence-corrected chi connectivity index (χ4v) is 4.47. The van der Waals surface area contributed by atoms with Crippen molar-refractivity contribution >= 4 is 44.8 Å². The number of sulfonamides is 1. The number of amides is 1. The lowest BCUT2D eigenvalue weighted by Gasteiger charge is -2.31. The molecule has 5 nitrogen and oxygen atoms in total. The molecule has 8 heteroatoms. The number of rotatable bonds is 7. The minimum Gasteiger partial charge on any atom is -0.348 e. The lowest BCUT2D eigenvalue weighted by molar-refractivity contribution is -0.122. The summed E-state index contributed by atoms with van der Waals surface area (Å²) in [5.74, 6) is -0.407. The predicted octanol–water partition coefficient (Wildman–Crippen LogP) is 4.42. The summed E-state index contributed by atoms with van der Waals surface area (Å²) in [4.78, 5) is 12.9. The monoisotopic (exact) mass is 428 g/mol. The molecule has 2 atom stereocenters. The molecule has 2 unspecified atom stereocenters. The van der Waals surface area contributed by atoms with Crippen LogP contribution in [0.25, 0.3) is 0 Å². The summed E-state index contributed by atoms with van der Waals surface area (Å²) < 4.78 is 26.0. The van der Waals surface area contributed by atoms with Crippen LogP contribution >= 0.6 is 23.2 Å². The Labute approximate surface area is 170 Å². The second-order valence-electron chi connectivity index (χ2n) is 6.22. The summed E-state index contributed by atoms with van der Waals surface area (Å²) >= 11 is 12.2. The maximum absolute atomic E-state index is 12.9. The number of hydrogen-bond donors (Lipinski definition) is 1. The largest absolute Gasteiger partial charge is 0.348 e. The van der Waals surface area contributed by atoms with Crippen LogP contribution in [0.15, 0.2) is 48.5 Å². The van der Waals surface area contributed by atoms with Gasteiger partial charge in [-0.25, -0.2) is 8.42 Å². The molecule has 27 heavy (non-hydrogen) atoms. The molecule has 0 heterocycles. The highest BCUT2D eigenvalue weighted by molar-refractivity contribution is 7.92. The Morgan fingerprint density at radius 3 is 2.33 bits per heavy atom. The van der Waals surface area contributed by atoms with Gasteiger partial charge < -0.3 is 5.32 Å². The van der Waals surface area contributed by atoms with E-state index in [1.54, 1.807) is 13.0 Å². The molecule has 0 saturated heterocycles. The van der Waals surface area contributed by atoms with Gasteiger partial charge in [0.2, 0.25) is 15.9 Å². The van der Waals surface area contributed by atoms with E-state index in [0.29, 0.717) is 5.02 Å². The summed E-state index contributed by atoms with van der Waals surface area (Å²) in [6.45, 7) is 3.59. The molecule has 0 aliphatic rings. The maximum atomic E-state index is 12.9. The number of carbonyl (C=O) groups excluding carboxylic acids is 1. The Balaban J connectivity index is 2.38. The van der Waals surface area contributed by atoms with Crippen molar-refractivity contribution in [3.8, 4) is 0 Å². The van der Waals surface area contributed by atoms with Crippen LogP contribution in [-0.2, 0) is 14.8 Å². The molecule has 1 N–H and O–H groups in total. The first-order valence-corrected chi connectivity index (χ1v) is 11.0. The topological polar surface area (TPSA) is 66.5 Å². The number of nitrogens with zero attached hydrogens (tertiary/aromatic N) is 1. The fourth-order valence-electron chi connectivity index (χ4n) is 2.82. The quantitative estimate of drug-likeness (QED) is 0.709. The van der Waals surface area contributed by atoms with Gasteiger partial charge in [-0.2, -0.15) is 0 Å². The highest BCUT2D eigenvalue weighted by Gasteiger charge is 2.33. The second kappa shape index (κ2) is 8.95. The number of hydrogen-bond acceptors (Lipinski definition) is 3. The SMILES string of the molecule is CCC(C(=O)NC(C)c1ccccc1)N(c1cc(Cl)ccc1Cl)S(C)(=O)=O. The molecule has 0 aromatic heterocycles. The first-order chi connectivity index (χ1) is 12.6. The van der Waals surface area contributed by atoms with Gasteiger partial charge >= 0.3 is 0 Å². The summed E-state index contributed by atoms with van der Waals surface area (Å²) in [6, 6.07) is 12.7. The van der Waals surface area contributed by atoms with Crippen molar-refractivity contribution in [3.05, 3.63) is 64.1 Å². The number of carbonyl (C=O) groups is 1. The van der Waals surface area contributed by atoms with Crippen LogP contribution in [0.1, 0.15) is 31.9 Å². The van der Waals surface area contributed by atoms with Gasteiger partial charge in [0.05, 0.1) is 23.0 Å². The van der Waals surface area contributed by atoms with Gasteiger partial charge in [0, 0.05) is 5.02 Å². The minimum atomic E-state index is -3.78. The number of halogens is 2. The van der Waals surface area contributed by atoms with Crippen molar-refractivity contribution < 1.29 is 13.2 Å². The van der Waals surface area contributed by atoms with E-state index in [2.05, 4.69) is 5.32 Å². The van der Waals surface area contributed by atoms with E-state index in [1.165, 1.54) is 12.1 Å². The standard InChI is InChI=1S/C19H22Cl2N2O3S/c1-4-17(19(24)22-13(2)14-8-6-5-7-9-14)23(27(3,25)26)18-12-15(20)10-11-16(18)21/h5-13,17H,4H2,1-3H3,(H,22,24). The molecule has 2 aromatic rings. The third kappa shape index (κ3) is 5.37. The zero-order valence-electron chi connectivity index (χ0n) is 15.3. The normalized spacial score (nSPS) is 13.7. The molecule has 0 fully saturated rings. The van der Waals surface area contributed by atoms with Crippen molar-refractivity contribution in [3.63, 3.8) is 0 Å². The highest BCUT2D eigenvalue weighted by atomic mass is 35.5. The Kier molecular flexibility index (Phi) is 7.14. The molecule has 146 valence electrons. The molecule has 0 aliphatic heterocycles. The van der Waals surface area contributed by atoms with Crippen LogP contribution in [0.3, 0.4) is 0 Å². The Morgan fingerprint density at radius 1 is 1.15 bits per heavy atom. The smallest absolute Gasteiger partial charge is 0.244 e. The Bertz CT molecular complexity index is 904. The van der Waals surface area contributed by atoms with Gasteiger partial charge in [0.1, 0.15) is 6.04 Å². The highest BCUT2D eigenvalue weighted by Crippen LogP contribution is 2.33. The van der Waals surface area contributed by atoms with Crippen LogP contribution in [0.5, 0.6) is 0 Å². The zero-order chi connectivity index (χ0) is 20.2. The van der Waals surface area contributed by atoms with Gasteiger partial charge in [0.25, 0.3) is 0 Å². The van der Waals surface area contributed by atoms with E-state index in [-0.39, 0.29) is 23.2 Å². The Morgan fingerprint density at radius 2 is 1.78 bits per heavy atom. The van der Waals surface area contributed by atoms with E-state index in [4.69, 9.17) is 23.2 Å². The molecular formula is C19H22Cl2N2O3S. The lowest BCUT2D eigenvalue weighted by Crippen LogP contribution is -2.49. The van der Waals surface area contributed by atoms with Gasteiger partial charge in [-0.3, -0.25) is 9.10 Å². The first-order valence-electron chi connectivity index (χ1n) is 8.45. The molecular weight excluding hydrogens is 407 g/mol. The summed E-state index contributed by atoms with van der Waals surface area (Å²) in [7, 11) is -3.78. The van der Waals surface area contributed by atoms with E-state index in [1.807, 2.05) is 37.3 Å². The van der Waals surface area contributed by atoms with Gasteiger partial charge in [-0.05, 0) is 37.1 Å². The van der Waals surface area contributed by atoms with Crippen molar-refractivity contribution in [1.29, 1.82) is 0 Å². The van der Waals surface area contributed by atoms with Gasteiger partial charge in [-0.15, -0.1) is 0 Å². The van der Waals surface area contributed by atoms with E-state index >= 15 is 0 Å². The number of benzene rings is 2. The van der Waals surface area contributed by atoms with Gasteiger partial charge in [0.15, 0.2) is 0 Å². The molecule has 2 aromatic carbocycles. The van der Waals surface area contributed by atoms with Crippen LogP contribution in [0, 0.1) is 0 Å². The molecule has 0 aliphatic carbocycles. The lowest BCUT2D eigenvalue weighted by atomic mass is 10.1. The van der Waals surface area contributed by atoms with E-state index in [0.717, 1.165) is 16.1 Å². The zero-order valence-corrected chi connectivity index (χ0v) is 17.6. The van der Waals surface area contributed by atoms with Crippen molar-refractivity contribution in [1.82, 2.24) is 5.32 Å². The van der Waals surface area contributed by atoms with E-state index in [9.17, 15) is 13.2 Å². The number of anilines is 1. The van der Waals surface area contributed by atoms with Crippen molar-refractivity contribution in [2.75, 3.05) is 10.6 Å². The molecule has 0 saturated carbocycles. The first kappa shape index (κ1) is 21.5. The Hall–Kier alpha value is -1.76. The second-order valence-corrected chi connectivity index (χ2v) is 8.92. The average Bonchev–Trinajstić information content (AvgIpc) is 2.61. The minimum absolute atomic E-state index is 0.182. The van der Waals surface area contributed by atoms with Crippen LogP contribution in [0.2, 0.25) is 10.0 Å². The van der Waals surface area contributed by atoms with Crippen LogP contribution < -0.4 is 9.62 Å². The summed E-state index contributed by atoms with van der Waals surface area (Å²) in [6.07, 6.45) is 1.31. The van der Waals surface area contributed by atoms with Crippen molar-refractivity contribution in [2.45, 2.75) is 32.4 Å². The molecule has 1 amide bonds. The van der Waals surface area contributed by atoms with Gasteiger partial charge in [-0.1, -0.05) is 60.5 Å². The molecule has 2 rings (SSSR count). The predicted molar refractivity (Wildman–Crippen MR) is 111 cm³/mol. The fraction of sp³-hybridized carbons (Fsp3) is 0.316. The molecule has 0 spiro atoms. The van der Waals surface area contributed by atoms with Crippen LogP contribution in [-0.4, -0.2) is 26.6 Å². The maximum Gasteiger partial charge on any atom is 0.244 e. The third-order valence-corrected chi connectivity index (χ3v) is 5.85. The van der Waals surface area contributed by atoms with Crippen LogP contribution in [0.4, 0.5) is 5.69 Å². The summed E-state index contributed by atoms with van der Waals surface area (Å²) in [5.41, 5.74) is 1.11.